The molecule has 4 rings (SSSR count). The lowest BCUT2D eigenvalue weighted by Gasteiger charge is -2.11. The van der Waals surface area contributed by atoms with Gasteiger partial charge in [-0.25, -0.2) is 4.79 Å². The molecule has 31 heavy (non-hydrogen) atoms. The number of aromatic amines is 1. The lowest BCUT2D eigenvalue weighted by atomic mass is 10.0. The average molecular weight is 421 g/mol. The molecule has 1 amide bonds. The van der Waals surface area contributed by atoms with Gasteiger partial charge in [0.2, 0.25) is 0 Å². The number of fused-ring (bicyclic) bond motifs is 1. The number of methoxy groups -OCH3 is 2. The van der Waals surface area contributed by atoms with Gasteiger partial charge in [0.05, 0.1) is 19.8 Å². The van der Waals surface area contributed by atoms with Gasteiger partial charge < -0.3 is 19.8 Å². The van der Waals surface area contributed by atoms with Crippen molar-refractivity contribution in [2.45, 2.75) is 32.1 Å². The zero-order chi connectivity index (χ0) is 21.8. The second kappa shape index (κ2) is 9.25. The first kappa shape index (κ1) is 21.0. The Hall–Kier alpha value is -3.28. The summed E-state index contributed by atoms with van der Waals surface area (Å²) in [6.45, 7) is 0.751. The van der Waals surface area contributed by atoms with Crippen molar-refractivity contribution in [3.8, 4) is 5.75 Å². The maximum absolute atomic E-state index is 12.7. The highest BCUT2D eigenvalue weighted by molar-refractivity contribution is 5.99. The number of ether oxygens (including phenoxy) is 2. The summed E-state index contributed by atoms with van der Waals surface area (Å²) in [5, 5.41) is 4.10. The fraction of sp³-hybridized carbons (Fsp3) is 0.360. The second-order valence-corrected chi connectivity index (χ2v) is 8.13. The predicted molar refractivity (Wildman–Crippen MR) is 120 cm³/mol. The van der Waals surface area contributed by atoms with Crippen LogP contribution in [0.1, 0.15) is 57.5 Å². The maximum atomic E-state index is 12.7. The molecule has 3 aromatic rings. The number of carbonyl (C=O) groups excluding carboxylic acids is 2. The second-order valence-electron chi connectivity index (χ2n) is 8.13. The molecule has 0 radical (unpaired) electrons. The van der Waals surface area contributed by atoms with Crippen molar-refractivity contribution >= 4 is 22.8 Å². The Morgan fingerprint density at radius 3 is 2.55 bits per heavy atom. The summed E-state index contributed by atoms with van der Waals surface area (Å²) in [4.78, 5) is 27.8. The highest BCUT2D eigenvalue weighted by Gasteiger charge is 2.17. The Morgan fingerprint density at radius 2 is 1.81 bits per heavy atom. The number of aromatic nitrogens is 1. The van der Waals surface area contributed by atoms with E-state index < -0.39 is 5.97 Å². The van der Waals surface area contributed by atoms with Gasteiger partial charge in [-0.15, -0.1) is 0 Å². The fourth-order valence-corrected chi connectivity index (χ4v) is 4.36. The average Bonchev–Trinajstić information content (AvgIpc) is 3.47. The summed E-state index contributed by atoms with van der Waals surface area (Å²) in [5.74, 6) is 0.810. The molecule has 1 heterocycles. The van der Waals surface area contributed by atoms with Crippen LogP contribution in [0.3, 0.4) is 0 Å². The summed E-state index contributed by atoms with van der Waals surface area (Å²) in [6.07, 6.45) is 7.51. The van der Waals surface area contributed by atoms with Crippen LogP contribution >= 0.6 is 0 Å². The number of hydrogen-bond acceptors (Lipinski definition) is 4. The highest BCUT2D eigenvalue weighted by atomic mass is 16.5. The Bertz CT molecular complexity index is 1100. The SMILES string of the molecule is COC(=O)c1ccc(Cc2c[nH]c3ccc(C(=O)NCC4CCCC4)cc23)c(OC)c1. The zero-order valence-electron chi connectivity index (χ0n) is 18.0. The normalized spacial score (nSPS) is 14.0. The van der Waals surface area contributed by atoms with E-state index in [1.54, 1.807) is 19.2 Å². The maximum Gasteiger partial charge on any atom is 0.337 e. The molecule has 1 saturated carbocycles. The zero-order valence-corrected chi connectivity index (χ0v) is 18.0. The van der Waals surface area contributed by atoms with Crippen molar-refractivity contribution in [3.63, 3.8) is 0 Å². The van der Waals surface area contributed by atoms with Crippen LogP contribution in [0.25, 0.3) is 10.9 Å². The molecule has 2 N–H and O–H groups in total. The number of benzene rings is 2. The number of H-pyrrole nitrogens is 1. The molecule has 6 heteroatoms. The van der Waals surface area contributed by atoms with Gasteiger partial charge in [0.25, 0.3) is 5.91 Å². The summed E-state index contributed by atoms with van der Waals surface area (Å²) in [5.41, 5.74) is 4.10. The molecular formula is C25H28N2O4. The minimum Gasteiger partial charge on any atom is -0.496 e. The Kier molecular flexibility index (Phi) is 6.26. The lowest BCUT2D eigenvalue weighted by molar-refractivity contribution is 0.0600. The molecule has 0 saturated heterocycles. The number of rotatable bonds is 7. The van der Waals surface area contributed by atoms with Crippen LogP contribution in [0.5, 0.6) is 5.75 Å². The quantitative estimate of drug-likeness (QED) is 0.553. The molecule has 0 spiro atoms. The molecule has 1 aromatic heterocycles. The van der Waals surface area contributed by atoms with Crippen molar-refractivity contribution in [1.82, 2.24) is 10.3 Å². The minimum atomic E-state index is -0.398. The molecule has 1 fully saturated rings. The molecule has 0 atom stereocenters. The van der Waals surface area contributed by atoms with Crippen LogP contribution in [0.2, 0.25) is 0 Å². The Morgan fingerprint density at radius 1 is 1.03 bits per heavy atom. The molecule has 2 aromatic carbocycles. The molecule has 0 bridgehead atoms. The third kappa shape index (κ3) is 4.58. The van der Waals surface area contributed by atoms with Gasteiger partial charge in [0.15, 0.2) is 0 Å². The van der Waals surface area contributed by atoms with Crippen LogP contribution in [0.4, 0.5) is 0 Å². The fourth-order valence-electron chi connectivity index (χ4n) is 4.36. The van der Waals surface area contributed by atoms with E-state index in [0.717, 1.165) is 28.6 Å². The van der Waals surface area contributed by atoms with E-state index in [2.05, 4.69) is 10.3 Å². The highest BCUT2D eigenvalue weighted by Crippen LogP contribution is 2.28. The van der Waals surface area contributed by atoms with Crippen molar-refractivity contribution in [2.75, 3.05) is 20.8 Å². The number of hydrogen-bond donors (Lipinski definition) is 2. The van der Waals surface area contributed by atoms with E-state index in [1.807, 2.05) is 30.5 Å². The van der Waals surface area contributed by atoms with Gasteiger partial charge in [-0.3, -0.25) is 4.79 Å². The molecule has 162 valence electrons. The summed E-state index contributed by atoms with van der Waals surface area (Å²) >= 11 is 0. The molecular weight excluding hydrogens is 392 g/mol. The van der Waals surface area contributed by atoms with Gasteiger partial charge in [-0.1, -0.05) is 18.9 Å². The largest absolute Gasteiger partial charge is 0.496 e. The topological polar surface area (TPSA) is 80.4 Å². The van der Waals surface area contributed by atoms with Crippen LogP contribution in [0, 0.1) is 5.92 Å². The molecule has 1 aliphatic rings. The van der Waals surface area contributed by atoms with Crippen LogP contribution < -0.4 is 10.1 Å². The van der Waals surface area contributed by atoms with Crippen molar-refractivity contribution < 1.29 is 19.1 Å². The van der Waals surface area contributed by atoms with E-state index in [0.29, 0.717) is 29.2 Å². The van der Waals surface area contributed by atoms with Gasteiger partial charge >= 0.3 is 5.97 Å². The molecule has 1 aliphatic carbocycles. The predicted octanol–water partition coefficient (Wildman–Crippen LogP) is 4.47. The number of nitrogens with one attached hydrogen (secondary N) is 2. The van der Waals surface area contributed by atoms with Crippen LogP contribution in [0.15, 0.2) is 42.6 Å². The monoisotopic (exact) mass is 420 g/mol. The van der Waals surface area contributed by atoms with E-state index in [4.69, 9.17) is 9.47 Å². The first-order valence-electron chi connectivity index (χ1n) is 10.7. The summed E-state index contributed by atoms with van der Waals surface area (Å²) < 4.78 is 10.3. The van der Waals surface area contributed by atoms with Gasteiger partial charge in [0.1, 0.15) is 5.75 Å². The minimum absolute atomic E-state index is 0.0269. The van der Waals surface area contributed by atoms with E-state index >= 15 is 0 Å². The smallest absolute Gasteiger partial charge is 0.337 e. The van der Waals surface area contributed by atoms with Gasteiger partial charge in [0, 0.05) is 35.6 Å². The summed E-state index contributed by atoms with van der Waals surface area (Å²) in [6, 6.07) is 11.1. The number of amides is 1. The first-order chi connectivity index (χ1) is 15.1. The van der Waals surface area contributed by atoms with Crippen molar-refractivity contribution in [2.24, 2.45) is 5.92 Å². The van der Waals surface area contributed by atoms with Gasteiger partial charge in [-0.2, -0.15) is 0 Å². The summed E-state index contributed by atoms with van der Waals surface area (Å²) in [7, 11) is 2.94. The Labute approximate surface area is 181 Å². The molecule has 0 unspecified atom stereocenters. The molecule has 0 aliphatic heterocycles. The lowest BCUT2D eigenvalue weighted by Crippen LogP contribution is -2.28. The Balaban J connectivity index is 1.55. The first-order valence-corrected chi connectivity index (χ1v) is 10.7. The number of carbonyl (C=O) groups is 2. The van der Waals surface area contributed by atoms with Crippen LogP contribution in [-0.4, -0.2) is 37.6 Å². The van der Waals surface area contributed by atoms with Crippen molar-refractivity contribution in [3.05, 3.63) is 64.8 Å². The standard InChI is InChI=1S/C25H28N2O4/c1-30-23-13-19(25(29)31-2)8-7-17(23)11-20-15-26-22-10-9-18(12-21(20)22)24(28)27-14-16-5-3-4-6-16/h7-10,12-13,15-16,26H,3-6,11,14H2,1-2H3,(H,27,28). The van der Waals surface area contributed by atoms with E-state index in [9.17, 15) is 9.59 Å². The van der Waals surface area contributed by atoms with E-state index in [-0.39, 0.29) is 5.91 Å². The third-order valence-electron chi connectivity index (χ3n) is 6.14. The third-order valence-corrected chi connectivity index (χ3v) is 6.14. The van der Waals surface area contributed by atoms with Crippen molar-refractivity contribution in [1.29, 1.82) is 0 Å². The van der Waals surface area contributed by atoms with E-state index in [1.165, 1.54) is 32.8 Å². The number of esters is 1. The van der Waals surface area contributed by atoms with Crippen LogP contribution in [-0.2, 0) is 11.2 Å². The van der Waals surface area contributed by atoms with Gasteiger partial charge in [-0.05, 0) is 60.2 Å². The molecule has 6 nitrogen and oxygen atoms in total.